The molecule has 6 heteroatoms. The molecule has 0 radical (unpaired) electrons. The van der Waals surface area contributed by atoms with Crippen molar-refractivity contribution >= 4 is 18.2 Å². The Hall–Kier alpha value is -1.85. The molecule has 0 bridgehead atoms. The SMILES string of the molecule is O=CNc1ccn(CC(=O)O)n1. The predicted molar refractivity (Wildman–Crippen MR) is 39.5 cm³/mol. The van der Waals surface area contributed by atoms with Crippen LogP contribution in [0.1, 0.15) is 0 Å². The minimum absolute atomic E-state index is 0.208. The number of aliphatic carboxylic acids is 1. The summed E-state index contributed by atoms with van der Waals surface area (Å²) in [5, 5.41) is 14.4. The van der Waals surface area contributed by atoms with E-state index in [2.05, 4.69) is 10.4 Å². The van der Waals surface area contributed by atoms with Crippen LogP contribution in [0, 0.1) is 0 Å². The van der Waals surface area contributed by atoms with Gasteiger partial charge in [0.15, 0.2) is 5.82 Å². The van der Waals surface area contributed by atoms with Crippen molar-refractivity contribution in [3.63, 3.8) is 0 Å². The number of hydrogen-bond donors (Lipinski definition) is 2. The molecule has 0 aliphatic carbocycles. The first-order valence-corrected chi connectivity index (χ1v) is 3.18. The van der Waals surface area contributed by atoms with Gasteiger partial charge in [0.25, 0.3) is 0 Å². The number of nitrogens with zero attached hydrogens (tertiary/aromatic N) is 2. The van der Waals surface area contributed by atoms with Gasteiger partial charge in [-0.15, -0.1) is 0 Å². The van der Waals surface area contributed by atoms with Crippen molar-refractivity contribution in [2.24, 2.45) is 0 Å². The Balaban J connectivity index is 2.63. The maximum absolute atomic E-state index is 10.2. The van der Waals surface area contributed by atoms with Crippen molar-refractivity contribution in [2.45, 2.75) is 6.54 Å². The van der Waals surface area contributed by atoms with Gasteiger partial charge in [0.05, 0.1) is 0 Å². The van der Waals surface area contributed by atoms with Crippen molar-refractivity contribution in [3.8, 4) is 0 Å². The van der Waals surface area contributed by atoms with E-state index in [1.807, 2.05) is 0 Å². The molecule has 0 spiro atoms. The number of nitrogens with one attached hydrogen (secondary N) is 1. The summed E-state index contributed by atoms with van der Waals surface area (Å²) >= 11 is 0. The maximum Gasteiger partial charge on any atom is 0.325 e. The van der Waals surface area contributed by atoms with Crippen LogP contribution in [0.2, 0.25) is 0 Å². The van der Waals surface area contributed by atoms with Crippen molar-refractivity contribution in [3.05, 3.63) is 12.3 Å². The molecule has 0 atom stereocenters. The molecule has 1 aromatic rings. The van der Waals surface area contributed by atoms with Crippen molar-refractivity contribution in [1.82, 2.24) is 9.78 Å². The third kappa shape index (κ3) is 2.08. The van der Waals surface area contributed by atoms with Gasteiger partial charge in [0, 0.05) is 12.3 Å². The molecule has 1 aromatic heterocycles. The zero-order chi connectivity index (χ0) is 8.97. The number of carbonyl (C=O) groups excluding carboxylic acids is 1. The smallest absolute Gasteiger partial charge is 0.325 e. The minimum Gasteiger partial charge on any atom is -0.480 e. The number of anilines is 1. The molecule has 1 amide bonds. The predicted octanol–water partition coefficient (Wildman–Crippen LogP) is -0.464. The summed E-state index contributed by atoms with van der Waals surface area (Å²) in [7, 11) is 0. The zero-order valence-electron chi connectivity index (χ0n) is 6.10. The summed E-state index contributed by atoms with van der Waals surface area (Å²) in [5.41, 5.74) is 0. The minimum atomic E-state index is -0.976. The Bertz CT molecular complexity index is 294. The fraction of sp³-hybridized carbons (Fsp3) is 0.167. The summed E-state index contributed by atoms with van der Waals surface area (Å²) in [5.74, 6) is -0.637. The van der Waals surface area contributed by atoms with Crippen LogP contribution in [0.4, 0.5) is 5.82 Å². The molecular formula is C6H7N3O3. The standard InChI is InChI=1S/C6H7N3O3/c10-4-7-5-1-2-9(8-5)3-6(11)12/h1-2,4H,3H2,(H,11,12)(H,7,8,10). The van der Waals surface area contributed by atoms with Crippen LogP contribution in [-0.4, -0.2) is 27.3 Å². The second kappa shape index (κ2) is 3.51. The van der Waals surface area contributed by atoms with E-state index in [0.717, 1.165) is 0 Å². The normalized spacial score (nSPS) is 9.33. The highest BCUT2D eigenvalue weighted by atomic mass is 16.4. The third-order valence-electron chi connectivity index (χ3n) is 1.14. The van der Waals surface area contributed by atoms with E-state index in [9.17, 15) is 9.59 Å². The molecule has 64 valence electrons. The number of aromatic nitrogens is 2. The Morgan fingerprint density at radius 1 is 1.83 bits per heavy atom. The molecule has 0 aliphatic heterocycles. The monoisotopic (exact) mass is 169 g/mol. The quantitative estimate of drug-likeness (QED) is 0.597. The van der Waals surface area contributed by atoms with Crippen LogP contribution in [-0.2, 0) is 16.1 Å². The number of carbonyl (C=O) groups is 2. The fourth-order valence-electron chi connectivity index (χ4n) is 0.726. The number of carboxylic acids is 1. The molecule has 1 heterocycles. The van der Waals surface area contributed by atoms with E-state index >= 15 is 0 Å². The van der Waals surface area contributed by atoms with Gasteiger partial charge in [-0.3, -0.25) is 14.3 Å². The van der Waals surface area contributed by atoms with Crippen molar-refractivity contribution in [1.29, 1.82) is 0 Å². The summed E-state index contributed by atoms with van der Waals surface area (Å²) in [6, 6.07) is 1.51. The molecule has 0 aromatic carbocycles. The molecule has 6 nitrogen and oxygen atoms in total. The summed E-state index contributed by atoms with van der Waals surface area (Å²) in [6.07, 6.45) is 1.95. The van der Waals surface area contributed by atoms with Crippen LogP contribution in [0.15, 0.2) is 12.3 Å². The second-order valence-electron chi connectivity index (χ2n) is 2.05. The lowest BCUT2D eigenvalue weighted by atomic mass is 10.6. The average molecular weight is 169 g/mol. The average Bonchev–Trinajstić information content (AvgIpc) is 2.36. The van der Waals surface area contributed by atoms with Gasteiger partial charge in [-0.1, -0.05) is 0 Å². The van der Waals surface area contributed by atoms with Crippen LogP contribution in [0.3, 0.4) is 0 Å². The van der Waals surface area contributed by atoms with Crippen LogP contribution >= 0.6 is 0 Å². The lowest BCUT2D eigenvalue weighted by molar-refractivity contribution is -0.137. The van der Waals surface area contributed by atoms with Crippen LogP contribution < -0.4 is 5.32 Å². The van der Waals surface area contributed by atoms with E-state index in [1.165, 1.54) is 16.9 Å². The summed E-state index contributed by atoms with van der Waals surface area (Å²) in [4.78, 5) is 20.1. The highest BCUT2D eigenvalue weighted by Crippen LogP contribution is 1.99. The highest BCUT2D eigenvalue weighted by molar-refractivity contribution is 5.69. The van der Waals surface area contributed by atoms with Gasteiger partial charge < -0.3 is 10.4 Å². The number of carboxylic acid groups (broad SMARTS) is 1. The van der Waals surface area contributed by atoms with E-state index < -0.39 is 5.97 Å². The Labute approximate surface area is 67.8 Å². The van der Waals surface area contributed by atoms with Gasteiger partial charge in [-0.25, -0.2) is 0 Å². The van der Waals surface area contributed by atoms with Gasteiger partial charge in [0.2, 0.25) is 6.41 Å². The lowest BCUT2D eigenvalue weighted by Gasteiger charge is -1.93. The highest BCUT2D eigenvalue weighted by Gasteiger charge is 2.00. The topological polar surface area (TPSA) is 84.2 Å². The van der Waals surface area contributed by atoms with E-state index in [4.69, 9.17) is 5.11 Å². The first-order valence-electron chi connectivity index (χ1n) is 3.18. The van der Waals surface area contributed by atoms with E-state index in [-0.39, 0.29) is 6.54 Å². The maximum atomic E-state index is 10.2. The molecule has 2 N–H and O–H groups in total. The summed E-state index contributed by atoms with van der Waals surface area (Å²) < 4.78 is 1.22. The van der Waals surface area contributed by atoms with Crippen molar-refractivity contribution in [2.75, 3.05) is 5.32 Å². The second-order valence-corrected chi connectivity index (χ2v) is 2.05. The molecule has 1 rings (SSSR count). The Morgan fingerprint density at radius 3 is 3.17 bits per heavy atom. The lowest BCUT2D eigenvalue weighted by Crippen LogP contribution is -2.09. The fourth-order valence-corrected chi connectivity index (χ4v) is 0.726. The molecule has 0 fully saturated rings. The molecular weight excluding hydrogens is 162 g/mol. The molecule has 0 saturated carbocycles. The van der Waals surface area contributed by atoms with Gasteiger partial charge >= 0.3 is 5.97 Å². The number of hydrogen-bond acceptors (Lipinski definition) is 3. The zero-order valence-corrected chi connectivity index (χ0v) is 6.10. The van der Waals surface area contributed by atoms with E-state index in [0.29, 0.717) is 12.2 Å². The van der Waals surface area contributed by atoms with Gasteiger partial charge in [-0.05, 0) is 0 Å². The van der Waals surface area contributed by atoms with Gasteiger partial charge in [0.1, 0.15) is 6.54 Å². The first-order chi connectivity index (χ1) is 5.72. The number of amides is 1. The Kier molecular flexibility index (Phi) is 2.42. The third-order valence-corrected chi connectivity index (χ3v) is 1.14. The molecule has 0 aliphatic rings. The largest absolute Gasteiger partial charge is 0.480 e. The molecule has 0 unspecified atom stereocenters. The molecule has 0 saturated heterocycles. The van der Waals surface area contributed by atoms with E-state index in [1.54, 1.807) is 0 Å². The van der Waals surface area contributed by atoms with Crippen molar-refractivity contribution < 1.29 is 14.7 Å². The molecule has 12 heavy (non-hydrogen) atoms. The first kappa shape index (κ1) is 8.25. The van der Waals surface area contributed by atoms with Crippen LogP contribution in [0.5, 0.6) is 0 Å². The number of rotatable bonds is 4. The Morgan fingerprint density at radius 2 is 2.58 bits per heavy atom. The summed E-state index contributed by atoms with van der Waals surface area (Å²) in [6.45, 7) is -0.208. The van der Waals surface area contributed by atoms with Crippen LogP contribution in [0.25, 0.3) is 0 Å². The van der Waals surface area contributed by atoms with Gasteiger partial charge in [-0.2, -0.15) is 5.10 Å².